The van der Waals surface area contributed by atoms with E-state index in [-0.39, 0.29) is 10.5 Å². The molecule has 1 aliphatic rings. The molecule has 5 heteroatoms. The van der Waals surface area contributed by atoms with E-state index in [1.54, 1.807) is 16.4 Å². The van der Waals surface area contributed by atoms with Crippen LogP contribution < -0.4 is 0 Å². The van der Waals surface area contributed by atoms with E-state index in [9.17, 15) is 4.79 Å². The number of aromatic nitrogens is 2. The number of carbonyl (C=O) groups excluding carboxylic acids is 1. The van der Waals surface area contributed by atoms with Crippen molar-refractivity contribution in [2.24, 2.45) is 7.05 Å². The van der Waals surface area contributed by atoms with Crippen molar-refractivity contribution >= 4 is 29.1 Å². The third-order valence-corrected chi connectivity index (χ3v) is 5.64. The Bertz CT molecular complexity index is 464. The first-order chi connectivity index (χ1) is 8.48. The van der Waals surface area contributed by atoms with Crippen molar-refractivity contribution in [2.75, 3.05) is 5.75 Å². The number of nitrogens with zero attached hydrogens (tertiary/aromatic N) is 2. The van der Waals surface area contributed by atoms with Crippen LogP contribution in [0.2, 0.25) is 5.02 Å². The smallest absolute Gasteiger partial charge is 0.154 e. The Hall–Kier alpha value is -0.480. The van der Waals surface area contributed by atoms with E-state index in [0.717, 1.165) is 36.4 Å². The van der Waals surface area contributed by atoms with Crippen LogP contribution in [0.1, 0.15) is 38.1 Å². The molecule has 0 aliphatic carbocycles. The van der Waals surface area contributed by atoms with Crippen LogP contribution in [0.25, 0.3) is 0 Å². The maximum atomic E-state index is 12.4. The maximum absolute atomic E-state index is 12.4. The van der Waals surface area contributed by atoms with Gasteiger partial charge in [0.15, 0.2) is 5.78 Å². The Kier molecular flexibility index (Phi) is 4.07. The van der Waals surface area contributed by atoms with E-state index < -0.39 is 0 Å². The lowest BCUT2D eigenvalue weighted by Crippen LogP contribution is -2.30. The second-order valence-electron chi connectivity index (χ2n) is 4.97. The fourth-order valence-electron chi connectivity index (χ4n) is 2.35. The highest BCUT2D eigenvalue weighted by molar-refractivity contribution is 8.01. The molecule has 2 heterocycles. The summed E-state index contributed by atoms with van der Waals surface area (Å²) in [4.78, 5) is 12.4. The van der Waals surface area contributed by atoms with Crippen LogP contribution in [-0.2, 0) is 24.7 Å². The number of aryl methyl sites for hydroxylation is 2. The predicted molar refractivity (Wildman–Crippen MR) is 76.4 cm³/mol. The molecule has 1 unspecified atom stereocenters. The number of hydrogen-bond donors (Lipinski definition) is 0. The molecule has 1 aliphatic heterocycles. The van der Waals surface area contributed by atoms with Crippen molar-refractivity contribution < 1.29 is 4.79 Å². The van der Waals surface area contributed by atoms with Gasteiger partial charge < -0.3 is 0 Å². The number of hydrogen-bond acceptors (Lipinski definition) is 3. The van der Waals surface area contributed by atoms with Crippen molar-refractivity contribution in [2.45, 2.75) is 44.3 Å². The first-order valence-corrected chi connectivity index (χ1v) is 7.72. The molecule has 1 fully saturated rings. The minimum Gasteiger partial charge on any atom is -0.298 e. The number of carbonyl (C=O) groups is 1. The molecule has 0 bridgehead atoms. The molecule has 18 heavy (non-hydrogen) atoms. The fraction of sp³-hybridized carbons (Fsp3) is 0.692. The standard InChI is InChI=1S/C13H19ClN2OS/c1-4-9-12(14)10(16(3)15-9)8-11(17)13(2)6-5-7-18-13/h4-8H2,1-3H3. The van der Waals surface area contributed by atoms with Crippen LogP contribution in [0.3, 0.4) is 0 Å². The molecule has 0 N–H and O–H groups in total. The van der Waals surface area contributed by atoms with Crippen LogP contribution in [0.15, 0.2) is 0 Å². The molecule has 0 saturated carbocycles. The van der Waals surface area contributed by atoms with E-state index in [1.807, 2.05) is 14.0 Å². The summed E-state index contributed by atoms with van der Waals surface area (Å²) in [7, 11) is 1.86. The van der Waals surface area contributed by atoms with Crippen molar-refractivity contribution in [3.8, 4) is 0 Å². The Morgan fingerprint density at radius 1 is 1.61 bits per heavy atom. The van der Waals surface area contributed by atoms with E-state index in [1.165, 1.54) is 0 Å². The van der Waals surface area contributed by atoms with Crippen LogP contribution in [0.5, 0.6) is 0 Å². The summed E-state index contributed by atoms with van der Waals surface area (Å²) in [6.45, 7) is 4.08. The highest BCUT2D eigenvalue weighted by atomic mass is 35.5. The van der Waals surface area contributed by atoms with Gasteiger partial charge in [-0.15, -0.1) is 11.8 Å². The van der Waals surface area contributed by atoms with E-state index in [2.05, 4.69) is 12.0 Å². The zero-order valence-electron chi connectivity index (χ0n) is 11.1. The van der Waals surface area contributed by atoms with Gasteiger partial charge >= 0.3 is 0 Å². The number of rotatable bonds is 4. The summed E-state index contributed by atoms with van der Waals surface area (Å²) in [6, 6.07) is 0. The zero-order valence-corrected chi connectivity index (χ0v) is 12.7. The van der Waals surface area contributed by atoms with Crippen LogP contribution >= 0.6 is 23.4 Å². The average molecular weight is 287 g/mol. The van der Waals surface area contributed by atoms with E-state index >= 15 is 0 Å². The topological polar surface area (TPSA) is 34.9 Å². The molecular formula is C13H19ClN2OS. The number of Topliss-reactive ketones (excluding diaryl/α,β-unsaturated/α-hetero) is 1. The van der Waals surface area contributed by atoms with Crippen molar-refractivity contribution in [3.05, 3.63) is 16.4 Å². The van der Waals surface area contributed by atoms with Gasteiger partial charge in [-0.25, -0.2) is 0 Å². The third-order valence-electron chi connectivity index (χ3n) is 3.64. The summed E-state index contributed by atoms with van der Waals surface area (Å²) >= 11 is 8.06. The molecule has 0 amide bonds. The number of ketones is 1. The van der Waals surface area contributed by atoms with Crippen molar-refractivity contribution in [3.63, 3.8) is 0 Å². The maximum Gasteiger partial charge on any atom is 0.154 e. The number of halogens is 1. The Balaban J connectivity index is 2.19. The third kappa shape index (κ3) is 2.45. The van der Waals surface area contributed by atoms with E-state index in [4.69, 9.17) is 11.6 Å². The first kappa shape index (κ1) is 13.9. The molecule has 1 aromatic rings. The summed E-state index contributed by atoms with van der Waals surface area (Å²) in [5.41, 5.74) is 1.73. The molecule has 0 radical (unpaired) electrons. The second kappa shape index (κ2) is 5.25. The van der Waals surface area contributed by atoms with Gasteiger partial charge in [0.2, 0.25) is 0 Å². The van der Waals surface area contributed by atoms with E-state index in [0.29, 0.717) is 11.4 Å². The van der Waals surface area contributed by atoms with Gasteiger partial charge in [0.25, 0.3) is 0 Å². The van der Waals surface area contributed by atoms with Crippen LogP contribution in [0, 0.1) is 0 Å². The Morgan fingerprint density at radius 2 is 2.33 bits per heavy atom. The quantitative estimate of drug-likeness (QED) is 0.853. The lowest BCUT2D eigenvalue weighted by molar-refractivity contribution is -0.120. The van der Waals surface area contributed by atoms with Gasteiger partial charge in [0.1, 0.15) is 0 Å². The minimum atomic E-state index is -0.222. The molecule has 100 valence electrons. The van der Waals surface area contributed by atoms with Crippen LogP contribution in [-0.4, -0.2) is 26.1 Å². The molecule has 3 nitrogen and oxygen atoms in total. The normalized spacial score (nSPS) is 23.6. The van der Waals surface area contributed by atoms with Gasteiger partial charge in [0, 0.05) is 7.05 Å². The molecule has 0 aromatic carbocycles. The Labute approximate surface area is 117 Å². The lowest BCUT2D eigenvalue weighted by atomic mass is 9.96. The summed E-state index contributed by atoms with van der Waals surface area (Å²) in [5, 5.41) is 5.02. The predicted octanol–water partition coefficient (Wildman–Crippen LogP) is 3.03. The monoisotopic (exact) mass is 286 g/mol. The van der Waals surface area contributed by atoms with Gasteiger partial charge in [0.05, 0.1) is 27.6 Å². The van der Waals surface area contributed by atoms with Crippen molar-refractivity contribution in [1.29, 1.82) is 0 Å². The fourth-order valence-corrected chi connectivity index (χ4v) is 3.97. The number of thioether (sulfide) groups is 1. The SMILES string of the molecule is CCc1nn(C)c(CC(=O)C2(C)CCCS2)c1Cl. The van der Waals surface area contributed by atoms with Crippen molar-refractivity contribution in [1.82, 2.24) is 9.78 Å². The molecule has 1 saturated heterocycles. The molecule has 1 aromatic heterocycles. The highest BCUT2D eigenvalue weighted by Gasteiger charge is 2.37. The largest absolute Gasteiger partial charge is 0.298 e. The summed E-state index contributed by atoms with van der Waals surface area (Å²) in [5.74, 6) is 1.36. The summed E-state index contributed by atoms with van der Waals surface area (Å²) < 4.78 is 1.53. The zero-order chi connectivity index (χ0) is 13.3. The molecule has 1 atom stereocenters. The molecular weight excluding hydrogens is 268 g/mol. The first-order valence-electron chi connectivity index (χ1n) is 6.35. The highest BCUT2D eigenvalue weighted by Crippen LogP contribution is 2.39. The van der Waals surface area contributed by atoms with Gasteiger partial charge in [-0.1, -0.05) is 18.5 Å². The molecule has 0 spiro atoms. The minimum absolute atomic E-state index is 0.222. The molecule has 2 rings (SSSR count). The Morgan fingerprint density at radius 3 is 2.83 bits per heavy atom. The lowest BCUT2D eigenvalue weighted by Gasteiger charge is -2.20. The van der Waals surface area contributed by atoms with Gasteiger partial charge in [-0.05, 0) is 31.9 Å². The summed E-state index contributed by atoms with van der Waals surface area (Å²) in [6.07, 6.45) is 3.30. The average Bonchev–Trinajstić information content (AvgIpc) is 2.89. The van der Waals surface area contributed by atoms with Gasteiger partial charge in [-0.3, -0.25) is 9.48 Å². The second-order valence-corrected chi connectivity index (χ2v) is 6.94. The van der Waals surface area contributed by atoms with Gasteiger partial charge in [-0.2, -0.15) is 5.10 Å². The van der Waals surface area contributed by atoms with Crippen LogP contribution in [0.4, 0.5) is 0 Å².